The summed E-state index contributed by atoms with van der Waals surface area (Å²) >= 11 is 0. The fourth-order valence-electron chi connectivity index (χ4n) is 2.60. The molecule has 1 aliphatic rings. The van der Waals surface area contributed by atoms with Crippen molar-refractivity contribution in [3.63, 3.8) is 0 Å². The van der Waals surface area contributed by atoms with Crippen molar-refractivity contribution in [2.45, 2.75) is 78.0 Å². The lowest BCUT2D eigenvalue weighted by Gasteiger charge is -2.28. The van der Waals surface area contributed by atoms with Crippen LogP contribution in [-0.2, 0) is 19.1 Å². The first kappa shape index (κ1) is 21.0. The third-order valence-electron chi connectivity index (χ3n) is 3.68. The normalized spacial score (nSPS) is 17.2. The molecule has 0 bridgehead atoms. The van der Waals surface area contributed by atoms with Crippen LogP contribution in [0.25, 0.3) is 0 Å². The van der Waals surface area contributed by atoms with Gasteiger partial charge in [0.25, 0.3) is 0 Å². The van der Waals surface area contributed by atoms with Crippen LogP contribution < -0.4 is 0 Å². The Hall–Kier alpha value is -2.07. The van der Waals surface area contributed by atoms with Crippen molar-refractivity contribution >= 4 is 17.8 Å². The smallest absolute Gasteiger partial charge is 0.410 e. The molecule has 1 amide bonds. The Morgan fingerprint density at radius 1 is 1.24 bits per heavy atom. The van der Waals surface area contributed by atoms with Crippen molar-refractivity contribution in [1.29, 1.82) is 0 Å². The Balaban J connectivity index is 2.65. The van der Waals surface area contributed by atoms with E-state index in [1.54, 1.807) is 34.6 Å². The topological polar surface area (TPSA) is 72.9 Å². The second kappa shape index (κ2) is 8.86. The van der Waals surface area contributed by atoms with Crippen LogP contribution in [0.5, 0.6) is 0 Å². The Morgan fingerprint density at radius 2 is 1.88 bits per heavy atom. The van der Waals surface area contributed by atoms with Crippen LogP contribution in [0.2, 0.25) is 0 Å². The molecule has 1 saturated heterocycles. The second-order valence-electron chi connectivity index (χ2n) is 7.41. The Kier molecular flexibility index (Phi) is 7.43. The number of hydrogen-bond acceptors (Lipinski definition) is 5. The molecule has 0 spiro atoms. The van der Waals surface area contributed by atoms with Gasteiger partial charge < -0.3 is 9.47 Å². The number of Topliss-reactive ketones (excluding diaryl/α,β-unsaturated/α-hetero) is 1. The average molecular weight is 351 g/mol. The van der Waals surface area contributed by atoms with Crippen LogP contribution in [0.1, 0.15) is 60.3 Å². The van der Waals surface area contributed by atoms with Crippen molar-refractivity contribution in [1.82, 2.24) is 4.90 Å². The summed E-state index contributed by atoms with van der Waals surface area (Å²) in [5, 5.41) is 0. The zero-order chi connectivity index (χ0) is 19.2. The third kappa shape index (κ3) is 6.75. The molecule has 0 radical (unpaired) electrons. The first-order valence-corrected chi connectivity index (χ1v) is 8.67. The zero-order valence-electron chi connectivity index (χ0n) is 15.9. The maximum atomic E-state index is 12.5. The van der Waals surface area contributed by atoms with Gasteiger partial charge in [-0.2, -0.15) is 0 Å². The van der Waals surface area contributed by atoms with Crippen LogP contribution in [0.3, 0.4) is 0 Å². The summed E-state index contributed by atoms with van der Waals surface area (Å²) in [7, 11) is 0. The lowest BCUT2D eigenvalue weighted by Crippen LogP contribution is -2.43. The first-order chi connectivity index (χ1) is 11.5. The minimum Gasteiger partial charge on any atom is -0.459 e. The van der Waals surface area contributed by atoms with E-state index in [-0.39, 0.29) is 30.3 Å². The highest BCUT2D eigenvalue weighted by molar-refractivity contribution is 5.91. The van der Waals surface area contributed by atoms with Crippen LogP contribution in [0.4, 0.5) is 4.79 Å². The highest BCUT2D eigenvalue weighted by Gasteiger charge is 2.36. The van der Waals surface area contributed by atoms with Gasteiger partial charge in [0.05, 0.1) is 17.7 Å². The number of hydrogen-bond donors (Lipinski definition) is 0. The Labute approximate surface area is 149 Å². The van der Waals surface area contributed by atoms with Gasteiger partial charge in [0, 0.05) is 13.0 Å². The van der Waals surface area contributed by atoms with Gasteiger partial charge in [-0.3, -0.25) is 9.69 Å². The van der Waals surface area contributed by atoms with Gasteiger partial charge in [-0.25, -0.2) is 9.59 Å². The number of carbonyl (C=O) groups excluding carboxylic acids is 3. The molecule has 25 heavy (non-hydrogen) atoms. The van der Waals surface area contributed by atoms with Crippen LogP contribution in [0, 0.1) is 0 Å². The maximum absolute atomic E-state index is 12.5. The molecular weight excluding hydrogens is 322 g/mol. The Bertz CT molecular complexity index is 567. The van der Waals surface area contributed by atoms with E-state index in [0.29, 0.717) is 13.0 Å². The van der Waals surface area contributed by atoms with Gasteiger partial charge in [-0.1, -0.05) is 6.58 Å². The van der Waals surface area contributed by atoms with E-state index in [1.807, 2.05) is 0 Å². The molecule has 0 unspecified atom stereocenters. The molecule has 0 aromatic rings. The van der Waals surface area contributed by atoms with Crippen molar-refractivity contribution in [2.75, 3.05) is 6.54 Å². The molecule has 6 nitrogen and oxygen atoms in total. The monoisotopic (exact) mass is 351 g/mol. The van der Waals surface area contributed by atoms with Gasteiger partial charge in [0.15, 0.2) is 5.78 Å². The van der Waals surface area contributed by atoms with Crippen molar-refractivity contribution in [2.24, 2.45) is 0 Å². The molecule has 1 aliphatic heterocycles. The minimum atomic E-state index is -0.605. The SMILES string of the molecule is C=C=C(CCC(=O)[C@@H]1CCCN1C(=O)OC(C)(C)C)C(=O)OC(C)C. The molecule has 1 heterocycles. The van der Waals surface area contributed by atoms with E-state index >= 15 is 0 Å². The van der Waals surface area contributed by atoms with Crippen molar-refractivity contribution < 1.29 is 23.9 Å². The summed E-state index contributed by atoms with van der Waals surface area (Å²) in [4.78, 5) is 38.2. The fraction of sp³-hybridized carbons (Fsp3) is 0.684. The third-order valence-corrected chi connectivity index (χ3v) is 3.68. The van der Waals surface area contributed by atoms with Crippen LogP contribution >= 0.6 is 0 Å². The summed E-state index contributed by atoms with van der Waals surface area (Å²) in [6.45, 7) is 12.9. The molecule has 1 atom stereocenters. The van der Waals surface area contributed by atoms with Gasteiger partial charge in [0.2, 0.25) is 0 Å². The van der Waals surface area contributed by atoms with Gasteiger partial charge in [-0.05, 0) is 53.9 Å². The van der Waals surface area contributed by atoms with Gasteiger partial charge in [-0.15, -0.1) is 5.73 Å². The van der Waals surface area contributed by atoms with Crippen molar-refractivity contribution in [3.05, 3.63) is 17.9 Å². The summed E-state index contributed by atoms with van der Waals surface area (Å²) in [6.07, 6.45) is 0.990. The van der Waals surface area contributed by atoms with Gasteiger partial charge in [0.1, 0.15) is 5.60 Å². The highest BCUT2D eigenvalue weighted by atomic mass is 16.6. The Morgan fingerprint density at radius 3 is 2.40 bits per heavy atom. The molecule has 0 aliphatic carbocycles. The fourth-order valence-corrected chi connectivity index (χ4v) is 2.60. The number of ketones is 1. The molecule has 0 aromatic heterocycles. The number of nitrogens with zero attached hydrogens (tertiary/aromatic N) is 1. The van der Waals surface area contributed by atoms with Crippen LogP contribution in [0.15, 0.2) is 17.9 Å². The van der Waals surface area contributed by atoms with E-state index in [0.717, 1.165) is 6.42 Å². The number of ether oxygens (including phenoxy) is 2. The van der Waals surface area contributed by atoms with E-state index < -0.39 is 23.7 Å². The highest BCUT2D eigenvalue weighted by Crippen LogP contribution is 2.23. The summed E-state index contributed by atoms with van der Waals surface area (Å²) < 4.78 is 10.5. The van der Waals surface area contributed by atoms with E-state index in [2.05, 4.69) is 12.3 Å². The summed E-state index contributed by atoms with van der Waals surface area (Å²) in [5.74, 6) is -0.596. The lowest BCUT2D eigenvalue weighted by atomic mass is 10.0. The number of amides is 1. The molecule has 6 heteroatoms. The number of esters is 1. The van der Waals surface area contributed by atoms with E-state index in [4.69, 9.17) is 9.47 Å². The van der Waals surface area contributed by atoms with E-state index in [1.165, 1.54) is 4.90 Å². The summed E-state index contributed by atoms with van der Waals surface area (Å²) in [5.41, 5.74) is 2.20. The summed E-state index contributed by atoms with van der Waals surface area (Å²) in [6, 6.07) is -0.498. The largest absolute Gasteiger partial charge is 0.459 e. The number of rotatable bonds is 6. The van der Waals surface area contributed by atoms with Crippen molar-refractivity contribution in [3.8, 4) is 0 Å². The second-order valence-corrected chi connectivity index (χ2v) is 7.41. The predicted octanol–water partition coefficient (Wildman–Crippen LogP) is 3.40. The number of likely N-dealkylation sites (tertiary alicyclic amines) is 1. The van der Waals surface area contributed by atoms with Crippen LogP contribution in [-0.4, -0.2) is 47.0 Å². The molecule has 0 aromatic carbocycles. The average Bonchev–Trinajstić information content (AvgIpc) is 2.94. The molecule has 1 fully saturated rings. The standard InChI is InChI=1S/C19H29NO5/c1-7-14(17(22)24-13(2)3)10-11-16(21)15-9-8-12-20(15)18(23)25-19(4,5)6/h13,15H,1,8-12H2,2-6H3/t15-/m0/s1. The van der Waals surface area contributed by atoms with Gasteiger partial charge >= 0.3 is 12.1 Å². The quantitative estimate of drug-likeness (QED) is 0.417. The maximum Gasteiger partial charge on any atom is 0.410 e. The molecule has 0 saturated carbocycles. The molecule has 0 N–H and O–H groups in total. The van der Waals surface area contributed by atoms with E-state index in [9.17, 15) is 14.4 Å². The number of carbonyl (C=O) groups is 3. The lowest BCUT2D eigenvalue weighted by molar-refractivity contribution is -0.142. The predicted molar refractivity (Wildman–Crippen MR) is 94.1 cm³/mol. The molecule has 1 rings (SSSR count). The molecule has 140 valence electrons. The zero-order valence-corrected chi connectivity index (χ0v) is 15.9. The molecular formula is C19H29NO5. The first-order valence-electron chi connectivity index (χ1n) is 8.67. The minimum absolute atomic E-state index is 0.0894.